The van der Waals surface area contributed by atoms with Crippen molar-refractivity contribution >= 4 is 5.91 Å². The first-order valence-electron chi connectivity index (χ1n) is 7.16. The van der Waals surface area contributed by atoms with Gasteiger partial charge >= 0.3 is 0 Å². The fraction of sp³-hybridized carbons (Fsp3) is 0.400. The molecule has 0 saturated heterocycles. The molecule has 1 aliphatic heterocycles. The van der Waals surface area contributed by atoms with Gasteiger partial charge in [0, 0.05) is 24.2 Å². The highest BCUT2D eigenvalue weighted by Crippen LogP contribution is 2.41. The van der Waals surface area contributed by atoms with E-state index in [9.17, 15) is 9.59 Å². The van der Waals surface area contributed by atoms with Gasteiger partial charge in [0.15, 0.2) is 12.1 Å². The predicted molar refractivity (Wildman–Crippen MR) is 74.0 cm³/mol. The predicted octanol–water partition coefficient (Wildman–Crippen LogP) is 1.44. The maximum Gasteiger partial charge on any atom is 0.276 e. The SMILES string of the molecule is O=C(c1ncoc1C1CC1)N1CCc2cc[nH]c(=O)c2C1. The minimum atomic E-state index is -0.139. The molecule has 0 radical (unpaired) electrons. The molecule has 1 saturated carbocycles. The molecule has 0 aromatic carbocycles. The van der Waals surface area contributed by atoms with Crippen LogP contribution in [-0.2, 0) is 13.0 Å². The van der Waals surface area contributed by atoms with Crippen LogP contribution in [0.3, 0.4) is 0 Å². The zero-order chi connectivity index (χ0) is 14.4. The lowest BCUT2D eigenvalue weighted by Gasteiger charge is -2.27. The highest BCUT2D eigenvalue weighted by molar-refractivity contribution is 5.93. The third kappa shape index (κ3) is 2.07. The van der Waals surface area contributed by atoms with Crippen molar-refractivity contribution in [3.63, 3.8) is 0 Å². The first kappa shape index (κ1) is 12.4. The summed E-state index contributed by atoms with van der Waals surface area (Å²) in [6.45, 7) is 0.938. The van der Waals surface area contributed by atoms with Crippen LogP contribution in [0.4, 0.5) is 0 Å². The highest BCUT2D eigenvalue weighted by Gasteiger charge is 2.34. The fourth-order valence-corrected chi connectivity index (χ4v) is 2.86. The van der Waals surface area contributed by atoms with E-state index >= 15 is 0 Å². The summed E-state index contributed by atoms with van der Waals surface area (Å²) in [7, 11) is 0. The van der Waals surface area contributed by atoms with Gasteiger partial charge in [-0.2, -0.15) is 0 Å². The van der Waals surface area contributed by atoms with Crippen LogP contribution >= 0.6 is 0 Å². The number of nitrogens with one attached hydrogen (secondary N) is 1. The van der Waals surface area contributed by atoms with Crippen molar-refractivity contribution in [2.24, 2.45) is 0 Å². The number of H-pyrrole nitrogens is 1. The van der Waals surface area contributed by atoms with Crippen molar-refractivity contribution in [2.75, 3.05) is 6.54 Å². The molecule has 21 heavy (non-hydrogen) atoms. The van der Waals surface area contributed by atoms with Gasteiger partial charge in [-0.05, 0) is 30.9 Å². The van der Waals surface area contributed by atoms with Gasteiger partial charge in [-0.25, -0.2) is 4.98 Å². The summed E-state index contributed by atoms with van der Waals surface area (Å²) < 4.78 is 5.37. The average Bonchev–Trinajstić information content (AvgIpc) is 3.24. The zero-order valence-electron chi connectivity index (χ0n) is 11.5. The Morgan fingerprint density at radius 2 is 2.29 bits per heavy atom. The van der Waals surface area contributed by atoms with E-state index in [1.54, 1.807) is 11.1 Å². The molecule has 6 nitrogen and oxygen atoms in total. The Hall–Kier alpha value is -2.37. The normalized spacial score (nSPS) is 17.6. The van der Waals surface area contributed by atoms with Gasteiger partial charge in [0.1, 0.15) is 5.76 Å². The summed E-state index contributed by atoms with van der Waals surface area (Å²) >= 11 is 0. The van der Waals surface area contributed by atoms with Crippen LogP contribution < -0.4 is 5.56 Å². The quantitative estimate of drug-likeness (QED) is 0.905. The summed E-state index contributed by atoms with van der Waals surface area (Å²) in [6, 6.07) is 1.91. The standard InChI is InChI=1S/C15H15N3O3/c19-14-11-7-18(6-4-9(11)3-5-16-14)15(20)12-13(10-1-2-10)21-8-17-12/h3,5,8,10H,1-2,4,6-7H2,(H,16,19). The lowest BCUT2D eigenvalue weighted by atomic mass is 10.0. The number of rotatable bonds is 2. The summed E-state index contributed by atoms with van der Waals surface area (Å²) in [5.74, 6) is 0.902. The molecule has 0 unspecified atom stereocenters. The smallest absolute Gasteiger partial charge is 0.276 e. The molecule has 2 aromatic heterocycles. The molecule has 1 N–H and O–H groups in total. The Morgan fingerprint density at radius 3 is 3.10 bits per heavy atom. The highest BCUT2D eigenvalue weighted by atomic mass is 16.3. The minimum Gasteiger partial charge on any atom is -0.447 e. The van der Waals surface area contributed by atoms with Gasteiger partial charge < -0.3 is 14.3 Å². The molecule has 0 bridgehead atoms. The lowest BCUT2D eigenvalue weighted by Crippen LogP contribution is -2.39. The van der Waals surface area contributed by atoms with E-state index in [4.69, 9.17) is 4.42 Å². The fourth-order valence-electron chi connectivity index (χ4n) is 2.86. The van der Waals surface area contributed by atoms with E-state index in [1.165, 1.54) is 6.39 Å². The largest absolute Gasteiger partial charge is 0.447 e. The number of aromatic nitrogens is 2. The summed E-state index contributed by atoms with van der Waals surface area (Å²) in [5.41, 5.74) is 1.99. The topological polar surface area (TPSA) is 79.2 Å². The molecule has 3 heterocycles. The second-order valence-corrected chi connectivity index (χ2v) is 5.63. The van der Waals surface area contributed by atoms with E-state index in [0.717, 1.165) is 18.4 Å². The monoisotopic (exact) mass is 285 g/mol. The number of aromatic amines is 1. The van der Waals surface area contributed by atoms with E-state index in [2.05, 4.69) is 9.97 Å². The number of oxazole rings is 1. The number of carbonyl (C=O) groups excluding carboxylic acids is 1. The molecule has 0 spiro atoms. The van der Waals surface area contributed by atoms with Gasteiger partial charge in [-0.15, -0.1) is 0 Å². The van der Waals surface area contributed by atoms with Crippen molar-refractivity contribution in [3.8, 4) is 0 Å². The minimum absolute atomic E-state index is 0.118. The van der Waals surface area contributed by atoms with Crippen LogP contribution in [0, 0.1) is 0 Å². The summed E-state index contributed by atoms with van der Waals surface area (Å²) in [4.78, 5) is 32.9. The molecule has 6 heteroatoms. The lowest BCUT2D eigenvalue weighted by molar-refractivity contribution is 0.0726. The van der Waals surface area contributed by atoms with Crippen molar-refractivity contribution in [2.45, 2.75) is 31.7 Å². The Labute approximate surface area is 120 Å². The Balaban J connectivity index is 1.63. The van der Waals surface area contributed by atoms with E-state index < -0.39 is 0 Å². The molecule has 2 aliphatic rings. The molecule has 1 aliphatic carbocycles. The zero-order valence-corrected chi connectivity index (χ0v) is 11.5. The van der Waals surface area contributed by atoms with Crippen LogP contribution in [0.5, 0.6) is 0 Å². The van der Waals surface area contributed by atoms with Crippen LogP contribution in [0.1, 0.15) is 46.1 Å². The summed E-state index contributed by atoms with van der Waals surface area (Å²) in [5, 5.41) is 0. The second-order valence-electron chi connectivity index (χ2n) is 5.63. The van der Waals surface area contributed by atoms with Gasteiger partial charge in [-0.1, -0.05) is 0 Å². The van der Waals surface area contributed by atoms with Crippen molar-refractivity contribution < 1.29 is 9.21 Å². The molecular formula is C15H15N3O3. The van der Waals surface area contributed by atoms with Gasteiger partial charge in [0.25, 0.3) is 11.5 Å². The van der Waals surface area contributed by atoms with Crippen molar-refractivity contribution in [3.05, 3.63) is 51.6 Å². The third-order valence-corrected chi connectivity index (χ3v) is 4.19. The number of hydrogen-bond acceptors (Lipinski definition) is 4. The molecule has 1 amide bonds. The first-order valence-corrected chi connectivity index (χ1v) is 7.16. The van der Waals surface area contributed by atoms with Crippen LogP contribution in [0.25, 0.3) is 0 Å². The third-order valence-electron chi connectivity index (χ3n) is 4.19. The average molecular weight is 285 g/mol. The number of nitrogens with zero attached hydrogens (tertiary/aromatic N) is 2. The Kier molecular flexibility index (Phi) is 2.70. The van der Waals surface area contributed by atoms with Gasteiger partial charge in [0.05, 0.1) is 6.54 Å². The molecular weight excluding hydrogens is 270 g/mol. The van der Waals surface area contributed by atoms with E-state index in [0.29, 0.717) is 42.4 Å². The molecule has 2 aromatic rings. The molecule has 0 atom stereocenters. The second kappa shape index (κ2) is 4.58. The van der Waals surface area contributed by atoms with Gasteiger partial charge in [-0.3, -0.25) is 9.59 Å². The van der Waals surface area contributed by atoms with Crippen molar-refractivity contribution in [1.29, 1.82) is 0 Å². The van der Waals surface area contributed by atoms with E-state index in [1.807, 2.05) is 6.07 Å². The van der Waals surface area contributed by atoms with Crippen molar-refractivity contribution in [1.82, 2.24) is 14.9 Å². The van der Waals surface area contributed by atoms with Crippen LogP contribution in [0.2, 0.25) is 0 Å². The van der Waals surface area contributed by atoms with E-state index in [-0.39, 0.29) is 11.5 Å². The number of pyridine rings is 1. The first-order chi connectivity index (χ1) is 10.2. The molecule has 1 fully saturated rings. The molecule has 108 valence electrons. The number of carbonyl (C=O) groups is 1. The summed E-state index contributed by atoms with van der Waals surface area (Å²) in [6.07, 6.45) is 5.80. The van der Waals surface area contributed by atoms with Crippen LogP contribution in [-0.4, -0.2) is 27.3 Å². The molecule has 4 rings (SSSR count). The number of hydrogen-bond donors (Lipinski definition) is 1. The number of fused-ring (bicyclic) bond motifs is 1. The number of amides is 1. The Bertz CT molecular complexity index is 758. The maximum absolute atomic E-state index is 12.6. The van der Waals surface area contributed by atoms with Gasteiger partial charge in [0.2, 0.25) is 0 Å². The van der Waals surface area contributed by atoms with Crippen LogP contribution in [0.15, 0.2) is 27.9 Å². The Morgan fingerprint density at radius 1 is 1.43 bits per heavy atom. The maximum atomic E-state index is 12.6.